The van der Waals surface area contributed by atoms with E-state index in [0.29, 0.717) is 29.7 Å². The summed E-state index contributed by atoms with van der Waals surface area (Å²) in [5.74, 6) is -0.289. The van der Waals surface area contributed by atoms with Gasteiger partial charge in [0.25, 0.3) is 5.91 Å². The van der Waals surface area contributed by atoms with Gasteiger partial charge in [-0.3, -0.25) is 14.2 Å². The average molecular weight is 522 g/mol. The molecule has 10 heteroatoms. The molecule has 192 valence electrons. The minimum atomic E-state index is -0.619. The minimum absolute atomic E-state index is 0.00941. The number of nitrogens with one attached hydrogen (secondary N) is 1. The maximum atomic E-state index is 12.8. The first-order chi connectivity index (χ1) is 17.9. The summed E-state index contributed by atoms with van der Waals surface area (Å²) >= 11 is 1.20. The van der Waals surface area contributed by atoms with Gasteiger partial charge in [0.15, 0.2) is 5.12 Å². The normalized spacial score (nSPS) is 18.8. The van der Waals surface area contributed by atoms with Crippen molar-refractivity contribution in [2.75, 3.05) is 17.7 Å². The van der Waals surface area contributed by atoms with Gasteiger partial charge in [0.1, 0.15) is 12.0 Å². The van der Waals surface area contributed by atoms with Crippen molar-refractivity contribution in [2.45, 2.75) is 32.1 Å². The Hall–Kier alpha value is -3.76. The molecule has 37 heavy (non-hydrogen) atoms. The highest BCUT2D eigenvalue weighted by atomic mass is 32.2. The number of ether oxygens (including phenoxy) is 2. The Labute approximate surface area is 218 Å². The summed E-state index contributed by atoms with van der Waals surface area (Å²) in [6.07, 6.45) is 1.58. The van der Waals surface area contributed by atoms with Crippen LogP contribution in [0.25, 0.3) is 0 Å². The zero-order chi connectivity index (χ0) is 26.2. The second kappa shape index (κ2) is 12.5. The van der Waals surface area contributed by atoms with Crippen LogP contribution >= 0.6 is 11.8 Å². The molecule has 1 saturated heterocycles. The number of rotatable bonds is 9. The van der Waals surface area contributed by atoms with Gasteiger partial charge in [-0.15, -0.1) is 0 Å². The van der Waals surface area contributed by atoms with E-state index in [1.165, 1.54) is 35.5 Å². The van der Waals surface area contributed by atoms with Gasteiger partial charge in [-0.2, -0.15) is 4.98 Å². The van der Waals surface area contributed by atoms with Crippen molar-refractivity contribution in [1.29, 1.82) is 0 Å². The summed E-state index contributed by atoms with van der Waals surface area (Å²) in [6, 6.07) is 18.9. The Balaban J connectivity index is 1.43. The second-order valence-corrected chi connectivity index (χ2v) is 9.81. The molecule has 1 aliphatic rings. The molecule has 9 nitrogen and oxygen atoms in total. The number of benzene rings is 2. The molecule has 0 unspecified atom stereocenters. The molecule has 0 aliphatic carbocycles. The molecule has 1 aliphatic heterocycles. The van der Waals surface area contributed by atoms with Crippen molar-refractivity contribution in [3.8, 4) is 0 Å². The van der Waals surface area contributed by atoms with Crippen LogP contribution in [0.1, 0.15) is 46.7 Å². The lowest BCUT2D eigenvalue weighted by molar-refractivity contribution is -0.109. The number of hydrogen-bond acceptors (Lipinski definition) is 8. The van der Waals surface area contributed by atoms with Gasteiger partial charge in [0.2, 0.25) is 0 Å². The monoisotopic (exact) mass is 521 g/mol. The van der Waals surface area contributed by atoms with Crippen LogP contribution < -0.4 is 11.0 Å². The molecule has 4 rings (SSSR count). The summed E-state index contributed by atoms with van der Waals surface area (Å²) in [6.45, 7) is 1.62. The fourth-order valence-electron chi connectivity index (χ4n) is 4.08. The van der Waals surface area contributed by atoms with Crippen molar-refractivity contribution in [3.63, 3.8) is 0 Å². The number of anilines is 1. The van der Waals surface area contributed by atoms with Crippen LogP contribution in [0.3, 0.4) is 0 Å². The number of aromatic nitrogens is 2. The maximum Gasteiger partial charge on any atom is 0.351 e. The highest BCUT2D eigenvalue weighted by Crippen LogP contribution is 2.35. The number of nitrogens with zero attached hydrogens (tertiary/aromatic N) is 2. The Bertz CT molecular complexity index is 1300. The van der Waals surface area contributed by atoms with E-state index in [0.717, 1.165) is 0 Å². The number of thioether (sulfide) groups is 1. The smallest absolute Gasteiger partial charge is 0.351 e. The molecule has 1 fully saturated rings. The van der Waals surface area contributed by atoms with Crippen molar-refractivity contribution in [1.82, 2.24) is 9.55 Å². The predicted octanol–water partition coefficient (Wildman–Crippen LogP) is 3.93. The molecule has 2 heterocycles. The molecule has 3 atom stereocenters. The predicted molar refractivity (Wildman–Crippen MR) is 139 cm³/mol. The van der Waals surface area contributed by atoms with Crippen LogP contribution in [-0.4, -0.2) is 45.0 Å². The molecule has 0 bridgehead atoms. The molecule has 0 saturated carbocycles. The van der Waals surface area contributed by atoms with Crippen LogP contribution in [0.2, 0.25) is 0 Å². The third-order valence-electron chi connectivity index (χ3n) is 5.93. The molecule has 0 radical (unpaired) electrons. The van der Waals surface area contributed by atoms with Gasteiger partial charge in [-0.1, -0.05) is 48.2 Å². The zero-order valence-electron chi connectivity index (χ0n) is 20.2. The van der Waals surface area contributed by atoms with Crippen molar-refractivity contribution >= 4 is 34.6 Å². The molecule has 2 aromatic carbocycles. The summed E-state index contributed by atoms with van der Waals surface area (Å²) in [4.78, 5) is 53.0. The SMILES string of the molecule is CC(=O)SCC[C@H]1O[C@H](n2ccc(NC(=O)c3ccccc3)nc2=O)C[C@@H]1COC(=O)c1ccccc1. The lowest BCUT2D eigenvalue weighted by Gasteiger charge is -2.18. The van der Waals surface area contributed by atoms with Crippen LogP contribution in [-0.2, 0) is 14.3 Å². The third-order valence-corrected chi connectivity index (χ3v) is 6.77. The van der Waals surface area contributed by atoms with E-state index in [1.54, 1.807) is 54.6 Å². The minimum Gasteiger partial charge on any atom is -0.462 e. The van der Waals surface area contributed by atoms with Crippen LogP contribution in [0.5, 0.6) is 0 Å². The summed E-state index contributed by atoms with van der Waals surface area (Å²) in [5, 5.41) is 2.63. The van der Waals surface area contributed by atoms with Gasteiger partial charge in [-0.25, -0.2) is 9.59 Å². The summed E-state index contributed by atoms with van der Waals surface area (Å²) in [5.41, 5.74) is 0.330. The largest absolute Gasteiger partial charge is 0.462 e. The first kappa shape index (κ1) is 26.3. The van der Waals surface area contributed by atoms with Crippen LogP contribution in [0, 0.1) is 5.92 Å². The van der Waals surface area contributed by atoms with Gasteiger partial charge in [0, 0.05) is 36.8 Å². The molecular weight excluding hydrogens is 494 g/mol. The summed E-state index contributed by atoms with van der Waals surface area (Å²) in [7, 11) is 0. The first-order valence-electron chi connectivity index (χ1n) is 11.9. The fraction of sp³-hybridized carbons (Fsp3) is 0.296. The average Bonchev–Trinajstić information content (AvgIpc) is 3.30. The van der Waals surface area contributed by atoms with Crippen LogP contribution in [0.15, 0.2) is 77.7 Å². The molecule has 1 aromatic heterocycles. The molecular formula is C27H27N3O6S. The number of esters is 1. The fourth-order valence-corrected chi connectivity index (χ4v) is 4.71. The number of carbonyl (C=O) groups is 3. The number of hydrogen-bond donors (Lipinski definition) is 1. The van der Waals surface area contributed by atoms with Gasteiger partial charge in [-0.05, 0) is 36.8 Å². The highest BCUT2D eigenvalue weighted by Gasteiger charge is 2.37. The Morgan fingerprint density at radius 1 is 1.05 bits per heavy atom. The number of amides is 1. The van der Waals surface area contributed by atoms with E-state index in [2.05, 4.69) is 10.3 Å². The maximum absolute atomic E-state index is 12.8. The second-order valence-electron chi connectivity index (χ2n) is 8.54. The van der Waals surface area contributed by atoms with Crippen molar-refractivity contribution in [3.05, 3.63) is 94.5 Å². The Morgan fingerprint density at radius 2 is 1.73 bits per heavy atom. The molecule has 1 N–H and O–H groups in total. The molecule has 1 amide bonds. The number of carbonyl (C=O) groups excluding carboxylic acids is 3. The van der Waals surface area contributed by atoms with Gasteiger partial charge in [0.05, 0.1) is 18.3 Å². The topological polar surface area (TPSA) is 117 Å². The van der Waals surface area contributed by atoms with Crippen molar-refractivity contribution in [2.24, 2.45) is 5.92 Å². The standard InChI is InChI=1S/C27H27N3O6S/c1-18(31)37-15-13-22-21(17-35-26(33)20-10-6-3-7-11-20)16-24(36-22)30-14-12-23(29-27(30)34)28-25(32)19-8-4-2-5-9-19/h2-12,14,21-22,24H,13,15-17H2,1H3,(H,28,29,32,34)/t21-,22-,24+/m1/s1. The summed E-state index contributed by atoms with van der Waals surface area (Å²) < 4.78 is 13.1. The molecule has 3 aromatic rings. The van der Waals surface area contributed by atoms with E-state index in [-0.39, 0.29) is 35.5 Å². The highest BCUT2D eigenvalue weighted by molar-refractivity contribution is 8.13. The van der Waals surface area contributed by atoms with E-state index in [9.17, 15) is 19.2 Å². The van der Waals surface area contributed by atoms with E-state index in [4.69, 9.17) is 9.47 Å². The zero-order valence-corrected chi connectivity index (χ0v) is 21.1. The third kappa shape index (κ3) is 7.14. The Morgan fingerprint density at radius 3 is 2.38 bits per heavy atom. The van der Waals surface area contributed by atoms with Crippen molar-refractivity contribution < 1.29 is 23.9 Å². The van der Waals surface area contributed by atoms with E-state index >= 15 is 0 Å². The lowest BCUT2D eigenvalue weighted by Crippen LogP contribution is -2.28. The van der Waals surface area contributed by atoms with Gasteiger partial charge >= 0.3 is 11.7 Å². The quantitative estimate of drug-likeness (QED) is 0.421. The molecule has 0 spiro atoms. The first-order valence-corrected chi connectivity index (χ1v) is 12.9. The van der Waals surface area contributed by atoms with Crippen LogP contribution in [0.4, 0.5) is 5.82 Å². The Kier molecular flexibility index (Phi) is 8.86. The lowest BCUT2D eigenvalue weighted by atomic mass is 10.00. The van der Waals surface area contributed by atoms with E-state index in [1.807, 2.05) is 6.07 Å². The van der Waals surface area contributed by atoms with E-state index < -0.39 is 17.9 Å². The van der Waals surface area contributed by atoms with Gasteiger partial charge < -0.3 is 14.8 Å².